The summed E-state index contributed by atoms with van der Waals surface area (Å²) < 4.78 is 7.16. The largest absolute Gasteiger partial charge is 0.492 e. The fourth-order valence-corrected chi connectivity index (χ4v) is 1.97. The van der Waals surface area contributed by atoms with Gasteiger partial charge in [0.2, 0.25) is 0 Å². The summed E-state index contributed by atoms with van der Waals surface area (Å²) in [5.74, 6) is -0.202. The normalized spacial score (nSPS) is 10.3. The zero-order valence-corrected chi connectivity index (χ0v) is 11.8. The first-order valence-electron chi connectivity index (χ1n) is 6.66. The Kier molecular flexibility index (Phi) is 4.77. The van der Waals surface area contributed by atoms with Gasteiger partial charge >= 0.3 is 5.97 Å². The van der Waals surface area contributed by atoms with Crippen molar-refractivity contribution in [1.29, 1.82) is 0 Å². The van der Waals surface area contributed by atoms with Crippen molar-refractivity contribution in [3.05, 3.63) is 64.1 Å². The lowest BCUT2D eigenvalue weighted by Gasteiger charge is -2.09. The molecule has 110 valence electrons. The van der Waals surface area contributed by atoms with E-state index in [0.29, 0.717) is 24.5 Å². The van der Waals surface area contributed by atoms with Gasteiger partial charge in [0.15, 0.2) is 0 Å². The SMILES string of the molecule is Cc1cccn(CCOc2ccc(CC(=O)O)cc2)c1=O. The van der Waals surface area contributed by atoms with Crippen molar-refractivity contribution in [2.24, 2.45) is 0 Å². The monoisotopic (exact) mass is 287 g/mol. The average molecular weight is 287 g/mol. The van der Waals surface area contributed by atoms with E-state index in [-0.39, 0.29) is 12.0 Å². The van der Waals surface area contributed by atoms with Gasteiger partial charge in [-0.15, -0.1) is 0 Å². The van der Waals surface area contributed by atoms with Crippen molar-refractivity contribution in [1.82, 2.24) is 4.57 Å². The van der Waals surface area contributed by atoms with E-state index in [2.05, 4.69) is 0 Å². The van der Waals surface area contributed by atoms with Crippen LogP contribution in [0.15, 0.2) is 47.4 Å². The molecule has 5 heteroatoms. The summed E-state index contributed by atoms with van der Waals surface area (Å²) in [7, 11) is 0. The molecule has 0 saturated carbocycles. The Morgan fingerprint density at radius 2 is 1.95 bits per heavy atom. The lowest BCUT2D eigenvalue weighted by molar-refractivity contribution is -0.136. The van der Waals surface area contributed by atoms with Crippen LogP contribution in [0.2, 0.25) is 0 Å². The van der Waals surface area contributed by atoms with Crippen LogP contribution in [0.1, 0.15) is 11.1 Å². The molecular formula is C16H17NO4. The summed E-state index contributed by atoms with van der Waals surface area (Å²) in [4.78, 5) is 22.4. The molecule has 0 atom stereocenters. The van der Waals surface area contributed by atoms with Crippen molar-refractivity contribution in [2.45, 2.75) is 19.9 Å². The van der Waals surface area contributed by atoms with E-state index in [1.54, 1.807) is 48.0 Å². The lowest BCUT2D eigenvalue weighted by atomic mass is 10.1. The Labute approximate surface area is 122 Å². The van der Waals surface area contributed by atoms with E-state index >= 15 is 0 Å². The van der Waals surface area contributed by atoms with Crippen LogP contribution in [0.5, 0.6) is 5.75 Å². The quantitative estimate of drug-likeness (QED) is 0.880. The Balaban J connectivity index is 1.90. The minimum absolute atomic E-state index is 0.00103. The highest BCUT2D eigenvalue weighted by molar-refractivity contribution is 5.70. The second kappa shape index (κ2) is 6.74. The van der Waals surface area contributed by atoms with Crippen LogP contribution in [0, 0.1) is 6.92 Å². The molecule has 2 rings (SSSR count). The molecular weight excluding hydrogens is 270 g/mol. The standard InChI is InChI=1S/C16H17NO4/c1-12-3-2-8-17(16(12)20)9-10-21-14-6-4-13(5-7-14)11-15(18)19/h2-8H,9-11H2,1H3,(H,18,19). The van der Waals surface area contributed by atoms with E-state index in [9.17, 15) is 9.59 Å². The molecule has 1 aromatic heterocycles. The number of carboxylic acid groups (broad SMARTS) is 1. The molecule has 0 bridgehead atoms. The minimum atomic E-state index is -0.859. The van der Waals surface area contributed by atoms with Crippen molar-refractivity contribution in [3.8, 4) is 5.75 Å². The molecule has 0 unspecified atom stereocenters. The van der Waals surface area contributed by atoms with Gasteiger partial charge in [-0.05, 0) is 30.7 Å². The summed E-state index contributed by atoms with van der Waals surface area (Å²) in [6.45, 7) is 2.62. The van der Waals surface area contributed by atoms with Gasteiger partial charge < -0.3 is 14.4 Å². The lowest BCUT2D eigenvalue weighted by Crippen LogP contribution is -2.23. The molecule has 0 spiro atoms. The maximum Gasteiger partial charge on any atom is 0.307 e. The second-order valence-corrected chi connectivity index (χ2v) is 4.75. The van der Waals surface area contributed by atoms with Gasteiger partial charge in [-0.2, -0.15) is 0 Å². The average Bonchev–Trinajstić information content (AvgIpc) is 2.45. The summed E-state index contributed by atoms with van der Waals surface area (Å²) in [6.07, 6.45) is 1.73. The van der Waals surface area contributed by atoms with Crippen LogP contribution < -0.4 is 10.3 Å². The number of hydrogen-bond donors (Lipinski definition) is 1. The van der Waals surface area contributed by atoms with Crippen molar-refractivity contribution >= 4 is 5.97 Å². The third-order valence-electron chi connectivity index (χ3n) is 3.09. The molecule has 0 aliphatic carbocycles. The summed E-state index contributed by atoms with van der Waals surface area (Å²) >= 11 is 0. The number of nitrogens with zero attached hydrogens (tertiary/aromatic N) is 1. The predicted molar refractivity (Wildman–Crippen MR) is 78.7 cm³/mol. The van der Waals surface area contributed by atoms with Crippen LogP contribution in [0.3, 0.4) is 0 Å². The number of ether oxygens (including phenoxy) is 1. The zero-order chi connectivity index (χ0) is 15.2. The highest BCUT2D eigenvalue weighted by atomic mass is 16.5. The van der Waals surface area contributed by atoms with E-state index in [0.717, 1.165) is 5.56 Å². The molecule has 0 amide bonds. The van der Waals surface area contributed by atoms with Gasteiger partial charge in [0, 0.05) is 11.8 Å². The van der Waals surface area contributed by atoms with Crippen molar-refractivity contribution in [2.75, 3.05) is 6.61 Å². The van der Waals surface area contributed by atoms with Crippen molar-refractivity contribution < 1.29 is 14.6 Å². The number of hydrogen-bond acceptors (Lipinski definition) is 3. The number of carboxylic acids is 1. The highest BCUT2D eigenvalue weighted by Crippen LogP contribution is 2.12. The molecule has 1 aromatic carbocycles. The number of rotatable bonds is 6. The van der Waals surface area contributed by atoms with Crippen LogP contribution in [0.25, 0.3) is 0 Å². The first-order valence-corrected chi connectivity index (χ1v) is 6.66. The fourth-order valence-electron chi connectivity index (χ4n) is 1.97. The van der Waals surface area contributed by atoms with Crippen LogP contribution in [-0.4, -0.2) is 22.2 Å². The van der Waals surface area contributed by atoms with Gasteiger partial charge in [0.25, 0.3) is 5.56 Å². The first-order chi connectivity index (χ1) is 10.1. The molecule has 1 N–H and O–H groups in total. The van der Waals surface area contributed by atoms with E-state index in [1.165, 1.54) is 0 Å². The molecule has 1 heterocycles. The molecule has 0 fully saturated rings. The van der Waals surface area contributed by atoms with Crippen LogP contribution in [0.4, 0.5) is 0 Å². The summed E-state index contributed by atoms with van der Waals surface area (Å²) in [5, 5.41) is 8.69. The Hall–Kier alpha value is -2.56. The highest BCUT2D eigenvalue weighted by Gasteiger charge is 2.02. The molecule has 0 radical (unpaired) electrons. The molecule has 0 aliphatic rings. The summed E-state index contributed by atoms with van der Waals surface area (Å²) in [6, 6.07) is 10.5. The number of aliphatic carboxylic acids is 1. The predicted octanol–water partition coefficient (Wildman–Crippen LogP) is 1.86. The maximum atomic E-state index is 11.8. The smallest absolute Gasteiger partial charge is 0.307 e. The van der Waals surface area contributed by atoms with E-state index in [4.69, 9.17) is 9.84 Å². The molecule has 0 aliphatic heterocycles. The molecule has 2 aromatic rings. The fraction of sp³-hybridized carbons (Fsp3) is 0.250. The first kappa shape index (κ1) is 14.8. The third-order valence-corrected chi connectivity index (χ3v) is 3.09. The Morgan fingerprint density at radius 1 is 1.24 bits per heavy atom. The van der Waals surface area contributed by atoms with Crippen LogP contribution >= 0.6 is 0 Å². The number of pyridine rings is 1. The van der Waals surface area contributed by atoms with Crippen molar-refractivity contribution in [3.63, 3.8) is 0 Å². The molecule has 0 saturated heterocycles. The van der Waals surface area contributed by atoms with E-state index < -0.39 is 5.97 Å². The topological polar surface area (TPSA) is 68.5 Å². The zero-order valence-electron chi connectivity index (χ0n) is 11.8. The molecule has 21 heavy (non-hydrogen) atoms. The number of benzene rings is 1. The van der Waals surface area contributed by atoms with Gasteiger partial charge in [-0.25, -0.2) is 0 Å². The van der Waals surface area contributed by atoms with Gasteiger partial charge in [-0.1, -0.05) is 18.2 Å². The third kappa shape index (κ3) is 4.21. The second-order valence-electron chi connectivity index (χ2n) is 4.75. The maximum absolute atomic E-state index is 11.8. The van der Waals surface area contributed by atoms with Gasteiger partial charge in [0.1, 0.15) is 12.4 Å². The number of carbonyl (C=O) groups is 1. The Morgan fingerprint density at radius 3 is 2.62 bits per heavy atom. The number of aromatic nitrogens is 1. The van der Waals surface area contributed by atoms with E-state index in [1.807, 2.05) is 6.07 Å². The van der Waals surface area contributed by atoms with Gasteiger partial charge in [0.05, 0.1) is 13.0 Å². The minimum Gasteiger partial charge on any atom is -0.492 e. The Bertz CT molecular complexity index is 673. The molecule has 5 nitrogen and oxygen atoms in total. The van der Waals surface area contributed by atoms with Crippen LogP contribution in [-0.2, 0) is 17.8 Å². The van der Waals surface area contributed by atoms with Gasteiger partial charge in [-0.3, -0.25) is 9.59 Å². The summed E-state index contributed by atoms with van der Waals surface area (Å²) in [5.41, 5.74) is 1.41. The number of aryl methyl sites for hydroxylation is 1.